The maximum absolute atomic E-state index is 11.1. The van der Waals surface area contributed by atoms with Crippen LogP contribution in [0, 0.1) is 0 Å². The summed E-state index contributed by atoms with van der Waals surface area (Å²) in [5, 5.41) is 5.07. The Labute approximate surface area is 116 Å². The molecule has 1 aliphatic rings. The Balaban J connectivity index is 0.00000112. The zero-order valence-electron chi connectivity index (χ0n) is 8.86. The molecule has 79 valence electrons. The number of hydrogen-bond donors (Lipinski definition) is 1. The number of likely N-dealkylation sites (N-methyl/N-ethyl adjacent to an activating group) is 1. The van der Waals surface area contributed by atoms with Gasteiger partial charge in [-0.1, -0.05) is 0 Å². The summed E-state index contributed by atoms with van der Waals surface area (Å²) in [7, 11) is -1.49. The summed E-state index contributed by atoms with van der Waals surface area (Å²) < 4.78 is 22.5. The fourth-order valence-electron chi connectivity index (χ4n) is 1.59. The van der Waals surface area contributed by atoms with E-state index in [2.05, 4.69) is 4.90 Å². The molecule has 2 rings (SSSR count). The zero-order valence-corrected chi connectivity index (χ0v) is 12.5. The van der Waals surface area contributed by atoms with Gasteiger partial charge in [0.05, 0.1) is 0 Å². The van der Waals surface area contributed by atoms with E-state index in [9.17, 15) is 8.42 Å². The van der Waals surface area contributed by atoms with Crippen molar-refractivity contribution < 1.29 is 8.42 Å². The van der Waals surface area contributed by atoms with E-state index in [1.165, 1.54) is 11.3 Å². The van der Waals surface area contributed by atoms with E-state index in [1.54, 1.807) is 6.07 Å². The smallest absolute Gasteiger partial charge is 0.247 e. The summed E-state index contributed by atoms with van der Waals surface area (Å²) in [6, 6.07) is 1.70. The standard InChI is InChI=1S/C8H12N2O2S2.Na/c1-10-3-2-7-6(5-10)4-8(13-7)14(9,11)12;/h4H,2-3,5H2,1H3,(H2,9,11,12);. The van der Waals surface area contributed by atoms with Crippen LogP contribution in [0.25, 0.3) is 0 Å². The third kappa shape index (κ3) is 3.03. The van der Waals surface area contributed by atoms with Gasteiger partial charge in [-0.2, -0.15) is 0 Å². The molecule has 2 heterocycles. The molecule has 4 nitrogen and oxygen atoms in total. The Morgan fingerprint density at radius 3 is 2.80 bits per heavy atom. The summed E-state index contributed by atoms with van der Waals surface area (Å²) >= 11 is 1.30. The second kappa shape index (κ2) is 4.83. The first-order valence-electron chi connectivity index (χ1n) is 4.30. The predicted molar refractivity (Wildman–Crippen MR) is 61.5 cm³/mol. The maximum atomic E-state index is 11.1. The van der Waals surface area contributed by atoms with Crippen molar-refractivity contribution in [2.45, 2.75) is 17.2 Å². The second-order valence-electron chi connectivity index (χ2n) is 3.55. The van der Waals surface area contributed by atoms with Gasteiger partial charge in [0.25, 0.3) is 0 Å². The van der Waals surface area contributed by atoms with E-state index >= 15 is 0 Å². The van der Waals surface area contributed by atoms with E-state index in [1.807, 2.05) is 7.05 Å². The number of rotatable bonds is 1. The summed E-state index contributed by atoms with van der Waals surface area (Å²) in [5.74, 6) is 0. The number of fused-ring (bicyclic) bond motifs is 1. The van der Waals surface area contributed by atoms with Gasteiger partial charge in [0.1, 0.15) is 4.21 Å². The first-order valence-corrected chi connectivity index (χ1v) is 6.66. The Hall–Kier alpha value is 0.570. The molecule has 1 aromatic heterocycles. The molecule has 1 aliphatic heterocycles. The van der Waals surface area contributed by atoms with Crippen LogP contribution in [-0.4, -0.2) is 56.5 Å². The van der Waals surface area contributed by atoms with E-state index in [0.717, 1.165) is 30.0 Å². The van der Waals surface area contributed by atoms with Crippen molar-refractivity contribution in [2.75, 3.05) is 13.6 Å². The summed E-state index contributed by atoms with van der Waals surface area (Å²) in [6.45, 7) is 1.80. The zero-order chi connectivity index (χ0) is 10.3. The first-order chi connectivity index (χ1) is 6.47. The van der Waals surface area contributed by atoms with Crippen LogP contribution < -0.4 is 5.14 Å². The second-order valence-corrected chi connectivity index (χ2v) is 6.47. The van der Waals surface area contributed by atoms with Crippen molar-refractivity contribution in [3.05, 3.63) is 16.5 Å². The van der Waals surface area contributed by atoms with Crippen LogP contribution in [-0.2, 0) is 23.0 Å². The third-order valence-electron chi connectivity index (χ3n) is 2.32. The van der Waals surface area contributed by atoms with E-state index in [0.29, 0.717) is 0 Å². The molecule has 0 aromatic carbocycles. The van der Waals surface area contributed by atoms with E-state index in [4.69, 9.17) is 5.14 Å². The Morgan fingerprint density at radius 1 is 1.53 bits per heavy atom. The Morgan fingerprint density at radius 2 is 2.20 bits per heavy atom. The quantitative estimate of drug-likeness (QED) is 0.719. The van der Waals surface area contributed by atoms with Crippen molar-refractivity contribution in [1.82, 2.24) is 4.90 Å². The molecule has 0 spiro atoms. The number of hydrogen-bond acceptors (Lipinski definition) is 4. The number of primary sulfonamides is 1. The van der Waals surface area contributed by atoms with Crippen molar-refractivity contribution in [3.8, 4) is 0 Å². The molecule has 15 heavy (non-hydrogen) atoms. The van der Waals surface area contributed by atoms with Gasteiger partial charge in [-0.15, -0.1) is 11.3 Å². The van der Waals surface area contributed by atoms with E-state index < -0.39 is 10.0 Å². The van der Waals surface area contributed by atoms with Gasteiger partial charge in [0, 0.05) is 47.5 Å². The topological polar surface area (TPSA) is 63.4 Å². The average molecular weight is 255 g/mol. The fraction of sp³-hybridized carbons (Fsp3) is 0.500. The molecule has 0 bridgehead atoms. The van der Waals surface area contributed by atoms with Crippen molar-refractivity contribution >= 4 is 50.9 Å². The minimum absolute atomic E-state index is 0. The van der Waals surface area contributed by atoms with Crippen LogP contribution >= 0.6 is 11.3 Å². The Kier molecular flexibility index (Phi) is 4.39. The Bertz CT molecular complexity index is 455. The molecular formula is C8H12N2NaO2S2. The third-order valence-corrected chi connectivity index (χ3v) is 4.97. The fourth-order valence-corrected chi connectivity index (χ4v) is 3.55. The number of nitrogens with two attached hydrogens (primary N) is 1. The molecule has 0 saturated carbocycles. The van der Waals surface area contributed by atoms with Crippen LogP contribution in [0.1, 0.15) is 10.4 Å². The molecule has 1 radical (unpaired) electrons. The first kappa shape index (κ1) is 13.6. The normalized spacial score (nSPS) is 16.9. The molecule has 7 heteroatoms. The largest absolute Gasteiger partial charge is 0.302 e. The summed E-state index contributed by atoms with van der Waals surface area (Å²) in [5.41, 5.74) is 1.10. The number of thiophene rings is 1. The molecule has 1 aromatic rings. The van der Waals surface area contributed by atoms with Crippen LogP contribution in [0.4, 0.5) is 0 Å². The molecule has 0 saturated heterocycles. The van der Waals surface area contributed by atoms with Gasteiger partial charge in [0.15, 0.2) is 0 Å². The molecule has 2 N–H and O–H groups in total. The monoisotopic (exact) mass is 255 g/mol. The SMILES string of the molecule is CN1CCc2sc(S(N)(=O)=O)cc2C1.[Na]. The predicted octanol–water partition coefficient (Wildman–Crippen LogP) is 0.00260. The van der Waals surface area contributed by atoms with Gasteiger partial charge < -0.3 is 4.90 Å². The van der Waals surface area contributed by atoms with E-state index in [-0.39, 0.29) is 33.8 Å². The van der Waals surface area contributed by atoms with Crippen molar-refractivity contribution in [3.63, 3.8) is 0 Å². The van der Waals surface area contributed by atoms with Crippen LogP contribution in [0.3, 0.4) is 0 Å². The van der Waals surface area contributed by atoms with Crippen LogP contribution in [0.2, 0.25) is 0 Å². The van der Waals surface area contributed by atoms with Gasteiger partial charge >= 0.3 is 0 Å². The molecule has 0 amide bonds. The molecule has 0 unspecified atom stereocenters. The van der Waals surface area contributed by atoms with Crippen LogP contribution in [0.5, 0.6) is 0 Å². The maximum Gasteiger partial charge on any atom is 0.247 e. The molecule has 0 aliphatic carbocycles. The minimum Gasteiger partial charge on any atom is -0.302 e. The van der Waals surface area contributed by atoms with Gasteiger partial charge in [-0.25, -0.2) is 13.6 Å². The van der Waals surface area contributed by atoms with Gasteiger partial charge in [0.2, 0.25) is 10.0 Å². The number of nitrogens with zero attached hydrogens (tertiary/aromatic N) is 1. The molecule has 0 fully saturated rings. The number of sulfonamides is 1. The van der Waals surface area contributed by atoms with Crippen molar-refractivity contribution in [1.29, 1.82) is 0 Å². The average Bonchev–Trinajstić information content (AvgIpc) is 2.45. The summed E-state index contributed by atoms with van der Waals surface area (Å²) in [4.78, 5) is 3.33. The summed E-state index contributed by atoms with van der Waals surface area (Å²) in [6.07, 6.45) is 0.923. The van der Waals surface area contributed by atoms with Gasteiger partial charge in [-0.05, 0) is 25.1 Å². The van der Waals surface area contributed by atoms with Crippen molar-refractivity contribution in [2.24, 2.45) is 5.14 Å². The molecular weight excluding hydrogens is 243 g/mol. The van der Waals surface area contributed by atoms with Gasteiger partial charge in [-0.3, -0.25) is 0 Å². The van der Waals surface area contributed by atoms with Crippen LogP contribution in [0.15, 0.2) is 10.3 Å². The minimum atomic E-state index is -3.51. The molecule has 0 atom stereocenters.